The van der Waals surface area contributed by atoms with Gasteiger partial charge in [0.1, 0.15) is 5.75 Å². The van der Waals surface area contributed by atoms with Crippen molar-refractivity contribution in [3.63, 3.8) is 0 Å². The molecule has 0 heterocycles. The average molecular weight is 464 g/mol. The summed E-state index contributed by atoms with van der Waals surface area (Å²) in [6.07, 6.45) is 0.716. The van der Waals surface area contributed by atoms with Crippen LogP contribution in [0.5, 0.6) is 5.75 Å². The fourth-order valence-electron chi connectivity index (χ4n) is 4.70. The zero-order valence-electron chi connectivity index (χ0n) is 21.9. The maximum Gasteiger partial charge on any atom is 0.119 e. The van der Waals surface area contributed by atoms with Crippen molar-refractivity contribution in [1.29, 1.82) is 0 Å². The monoisotopic (exact) mass is 463 g/mol. The highest BCUT2D eigenvalue weighted by Crippen LogP contribution is 2.30. The number of phenolic OH excluding ortho intramolecular Hbond substituents is 1. The Morgan fingerprint density at radius 2 is 0.971 bits per heavy atom. The van der Waals surface area contributed by atoms with Crippen LogP contribution in [0, 0.1) is 41.5 Å². The van der Waals surface area contributed by atoms with Crippen molar-refractivity contribution >= 4 is 5.69 Å². The third kappa shape index (κ3) is 5.95. The topological polar surface area (TPSA) is 23.5 Å². The number of hydrogen-bond acceptors (Lipinski definition) is 2. The predicted octanol–water partition coefficient (Wildman–Crippen LogP) is 8.04. The molecule has 0 saturated carbocycles. The molecule has 0 bridgehead atoms. The second-order valence-corrected chi connectivity index (χ2v) is 10.1. The molecule has 0 fully saturated rings. The van der Waals surface area contributed by atoms with Crippen LogP contribution in [0.25, 0.3) is 0 Å². The first-order valence-corrected chi connectivity index (χ1v) is 12.4. The molecule has 4 aromatic rings. The van der Waals surface area contributed by atoms with Crippen molar-refractivity contribution < 1.29 is 5.11 Å². The third-order valence-electron chi connectivity index (χ3n) is 7.05. The van der Waals surface area contributed by atoms with E-state index in [1.165, 1.54) is 50.1 Å². The molecule has 0 saturated heterocycles. The van der Waals surface area contributed by atoms with Gasteiger partial charge in [-0.05, 0) is 93.1 Å². The zero-order valence-corrected chi connectivity index (χ0v) is 21.9. The van der Waals surface area contributed by atoms with Crippen LogP contribution in [-0.2, 0) is 19.5 Å². The number of aromatic hydroxyl groups is 1. The van der Waals surface area contributed by atoms with Crippen LogP contribution in [0.3, 0.4) is 0 Å². The summed E-state index contributed by atoms with van der Waals surface area (Å²) in [5.41, 5.74) is 13.7. The van der Waals surface area contributed by atoms with E-state index in [4.69, 9.17) is 0 Å². The molecule has 0 atom stereocenters. The number of nitrogens with zero attached hydrogens (tertiary/aromatic N) is 1. The highest BCUT2D eigenvalue weighted by Gasteiger charge is 2.15. The van der Waals surface area contributed by atoms with Crippen molar-refractivity contribution in [2.24, 2.45) is 0 Å². The van der Waals surface area contributed by atoms with Gasteiger partial charge in [-0.25, -0.2) is 0 Å². The number of aryl methyl sites for hydroxylation is 6. The fourth-order valence-corrected chi connectivity index (χ4v) is 4.70. The highest BCUT2D eigenvalue weighted by atomic mass is 16.3. The SMILES string of the molecule is Cc1ccc(C)c(Cc2cc(N(Cc3cc(C)ccc3C)Cc3cc(C)ccc3C)ccc2O)c1. The standard InChI is InChI=1S/C33H37NO/c1-22-7-10-25(4)28(15-22)18-29-19-32(13-14-33(29)35)34(20-30-16-23(2)8-11-26(30)5)21-31-17-24(3)9-12-27(31)6/h7-17,19,35H,18,20-21H2,1-6H3. The molecule has 0 spiro atoms. The fraction of sp³-hybridized carbons (Fsp3) is 0.273. The van der Waals surface area contributed by atoms with Crippen molar-refractivity contribution in [2.45, 2.75) is 61.1 Å². The maximum atomic E-state index is 10.8. The van der Waals surface area contributed by atoms with Crippen LogP contribution in [0.15, 0.2) is 72.8 Å². The lowest BCUT2D eigenvalue weighted by atomic mass is 9.97. The first kappa shape index (κ1) is 24.6. The first-order valence-electron chi connectivity index (χ1n) is 12.4. The van der Waals surface area contributed by atoms with Crippen LogP contribution in [0.2, 0.25) is 0 Å². The Morgan fingerprint density at radius 3 is 1.49 bits per heavy atom. The van der Waals surface area contributed by atoms with Gasteiger partial charge in [-0.1, -0.05) is 71.3 Å². The number of anilines is 1. The van der Waals surface area contributed by atoms with Gasteiger partial charge in [-0.2, -0.15) is 0 Å². The molecule has 0 aliphatic rings. The number of rotatable bonds is 7. The molecule has 0 radical (unpaired) electrons. The molecule has 4 rings (SSSR count). The third-order valence-corrected chi connectivity index (χ3v) is 7.05. The molecule has 2 nitrogen and oxygen atoms in total. The van der Waals surface area contributed by atoms with Gasteiger partial charge < -0.3 is 10.0 Å². The Hall–Kier alpha value is -3.52. The lowest BCUT2D eigenvalue weighted by Gasteiger charge is -2.28. The van der Waals surface area contributed by atoms with Crippen molar-refractivity contribution in [3.8, 4) is 5.75 Å². The van der Waals surface area contributed by atoms with Gasteiger partial charge in [0, 0.05) is 30.8 Å². The Bertz CT molecular complexity index is 1300. The van der Waals surface area contributed by atoms with E-state index in [0.717, 1.165) is 24.3 Å². The molecule has 1 N–H and O–H groups in total. The smallest absolute Gasteiger partial charge is 0.119 e. The van der Waals surface area contributed by atoms with Gasteiger partial charge in [0.25, 0.3) is 0 Å². The molecular weight excluding hydrogens is 426 g/mol. The van der Waals surface area contributed by atoms with Crippen LogP contribution < -0.4 is 4.90 Å². The summed E-state index contributed by atoms with van der Waals surface area (Å²) in [5, 5.41) is 10.8. The van der Waals surface area contributed by atoms with E-state index in [1.807, 2.05) is 6.07 Å². The van der Waals surface area contributed by atoms with E-state index < -0.39 is 0 Å². The largest absolute Gasteiger partial charge is 0.508 e. The van der Waals surface area contributed by atoms with Gasteiger partial charge in [-0.15, -0.1) is 0 Å². The molecule has 0 unspecified atom stereocenters. The summed E-state index contributed by atoms with van der Waals surface area (Å²) >= 11 is 0. The van der Waals surface area contributed by atoms with Gasteiger partial charge in [0.2, 0.25) is 0 Å². The minimum atomic E-state index is 0.355. The molecule has 0 aromatic heterocycles. The Labute approximate surface area is 210 Å². The number of benzene rings is 4. The molecule has 0 amide bonds. The minimum absolute atomic E-state index is 0.355. The van der Waals surface area contributed by atoms with Gasteiger partial charge in [0.05, 0.1) is 0 Å². The zero-order chi connectivity index (χ0) is 25.1. The average Bonchev–Trinajstić information content (AvgIpc) is 2.82. The summed E-state index contributed by atoms with van der Waals surface area (Å²) < 4.78 is 0. The summed E-state index contributed by atoms with van der Waals surface area (Å²) in [5.74, 6) is 0.355. The second kappa shape index (κ2) is 10.4. The summed E-state index contributed by atoms with van der Waals surface area (Å²) in [7, 11) is 0. The predicted molar refractivity (Wildman–Crippen MR) is 149 cm³/mol. The molecule has 2 heteroatoms. The maximum absolute atomic E-state index is 10.8. The molecule has 0 aliphatic carbocycles. The Balaban J connectivity index is 1.74. The van der Waals surface area contributed by atoms with Crippen LogP contribution in [0.4, 0.5) is 5.69 Å². The van der Waals surface area contributed by atoms with Crippen LogP contribution >= 0.6 is 0 Å². The number of hydrogen-bond donors (Lipinski definition) is 1. The van der Waals surface area contributed by atoms with Crippen LogP contribution in [-0.4, -0.2) is 5.11 Å². The van der Waals surface area contributed by atoms with Crippen molar-refractivity contribution in [1.82, 2.24) is 0 Å². The van der Waals surface area contributed by atoms with E-state index >= 15 is 0 Å². The van der Waals surface area contributed by atoms with Crippen molar-refractivity contribution in [3.05, 3.63) is 128 Å². The minimum Gasteiger partial charge on any atom is -0.508 e. The van der Waals surface area contributed by atoms with E-state index in [1.54, 1.807) is 0 Å². The summed E-state index contributed by atoms with van der Waals surface area (Å²) in [6.45, 7) is 14.6. The molecule has 35 heavy (non-hydrogen) atoms. The van der Waals surface area contributed by atoms with E-state index in [2.05, 4.69) is 113 Å². The summed E-state index contributed by atoms with van der Waals surface area (Å²) in [6, 6.07) is 26.0. The lowest BCUT2D eigenvalue weighted by molar-refractivity contribution is 0.469. The number of phenols is 1. The van der Waals surface area contributed by atoms with E-state index in [0.29, 0.717) is 12.2 Å². The normalized spacial score (nSPS) is 11.0. The molecular formula is C33H37NO. The molecule has 180 valence electrons. The Morgan fingerprint density at radius 1 is 0.514 bits per heavy atom. The lowest BCUT2D eigenvalue weighted by Crippen LogP contribution is -2.23. The summed E-state index contributed by atoms with van der Waals surface area (Å²) in [4.78, 5) is 2.44. The van der Waals surface area contributed by atoms with Crippen LogP contribution in [0.1, 0.15) is 55.6 Å². The second-order valence-electron chi connectivity index (χ2n) is 10.1. The quantitative estimate of drug-likeness (QED) is 0.300. The highest BCUT2D eigenvalue weighted by molar-refractivity contribution is 5.56. The van der Waals surface area contributed by atoms with Gasteiger partial charge in [-0.3, -0.25) is 0 Å². The molecule has 0 aliphatic heterocycles. The van der Waals surface area contributed by atoms with E-state index in [-0.39, 0.29) is 0 Å². The molecule has 4 aromatic carbocycles. The van der Waals surface area contributed by atoms with Gasteiger partial charge in [0.15, 0.2) is 0 Å². The van der Waals surface area contributed by atoms with Crippen molar-refractivity contribution in [2.75, 3.05) is 4.90 Å². The first-order chi connectivity index (χ1) is 16.7. The van der Waals surface area contributed by atoms with E-state index in [9.17, 15) is 5.11 Å². The Kier molecular flexibility index (Phi) is 7.31. The van der Waals surface area contributed by atoms with Gasteiger partial charge >= 0.3 is 0 Å².